The molecule has 1 aliphatic rings. The molecule has 18 heavy (non-hydrogen) atoms. The van der Waals surface area contributed by atoms with Crippen LogP contribution in [-0.4, -0.2) is 6.54 Å². The lowest BCUT2D eigenvalue weighted by molar-refractivity contribution is 0.549. The van der Waals surface area contributed by atoms with Crippen molar-refractivity contribution in [1.29, 1.82) is 0 Å². The van der Waals surface area contributed by atoms with E-state index in [9.17, 15) is 0 Å². The first-order valence-corrected chi connectivity index (χ1v) is 6.36. The van der Waals surface area contributed by atoms with Crippen LogP contribution in [-0.2, 0) is 12.0 Å². The van der Waals surface area contributed by atoms with Crippen molar-refractivity contribution in [3.63, 3.8) is 0 Å². The second-order valence-corrected chi connectivity index (χ2v) is 5.14. The molecule has 3 nitrogen and oxygen atoms in total. The molecular weight excluding hydrogens is 224 g/mol. The third kappa shape index (κ3) is 2.27. The van der Waals surface area contributed by atoms with Gasteiger partial charge in [-0.2, -0.15) is 0 Å². The maximum absolute atomic E-state index is 5.73. The summed E-state index contributed by atoms with van der Waals surface area (Å²) in [6.07, 6.45) is 6.02. The van der Waals surface area contributed by atoms with Gasteiger partial charge in [-0.3, -0.25) is 0 Å². The minimum atomic E-state index is 0.331. The van der Waals surface area contributed by atoms with Crippen LogP contribution in [0.15, 0.2) is 47.3 Å². The van der Waals surface area contributed by atoms with Gasteiger partial charge in [-0.1, -0.05) is 12.1 Å². The van der Waals surface area contributed by atoms with Crippen LogP contribution in [0.25, 0.3) is 0 Å². The topological polar surface area (TPSA) is 51.2 Å². The van der Waals surface area contributed by atoms with Crippen molar-refractivity contribution in [3.05, 3.63) is 54.0 Å². The number of benzene rings is 1. The van der Waals surface area contributed by atoms with E-state index in [1.807, 2.05) is 18.2 Å². The molecule has 1 aromatic carbocycles. The summed E-state index contributed by atoms with van der Waals surface area (Å²) >= 11 is 0. The monoisotopic (exact) mass is 242 g/mol. The summed E-state index contributed by atoms with van der Waals surface area (Å²) in [5.74, 6) is 0. The molecular formula is C15H18N2O. The molecule has 94 valence electrons. The lowest BCUT2D eigenvalue weighted by Crippen LogP contribution is -2.26. The standard InChI is InChI=1S/C15H18N2O/c16-14-3-1-13(2-4-14)15(6-7-15)11-17-9-12-5-8-18-10-12/h1-5,8,10,17H,6-7,9,11,16H2. The number of rotatable bonds is 5. The van der Waals surface area contributed by atoms with Gasteiger partial charge < -0.3 is 15.5 Å². The number of hydrogen-bond donors (Lipinski definition) is 2. The molecule has 1 heterocycles. The van der Waals surface area contributed by atoms with Gasteiger partial charge in [0.05, 0.1) is 12.5 Å². The van der Waals surface area contributed by atoms with Crippen LogP contribution in [0.5, 0.6) is 0 Å². The van der Waals surface area contributed by atoms with Crippen molar-refractivity contribution >= 4 is 5.69 Å². The maximum Gasteiger partial charge on any atom is 0.0947 e. The molecule has 1 aromatic heterocycles. The quantitative estimate of drug-likeness (QED) is 0.793. The van der Waals surface area contributed by atoms with Crippen LogP contribution >= 0.6 is 0 Å². The number of hydrogen-bond acceptors (Lipinski definition) is 3. The summed E-state index contributed by atoms with van der Waals surface area (Å²) in [6, 6.07) is 10.3. The Balaban J connectivity index is 1.60. The molecule has 1 aliphatic carbocycles. The fraction of sp³-hybridized carbons (Fsp3) is 0.333. The van der Waals surface area contributed by atoms with Crippen LogP contribution < -0.4 is 11.1 Å². The van der Waals surface area contributed by atoms with Gasteiger partial charge in [-0.15, -0.1) is 0 Å². The van der Waals surface area contributed by atoms with Gasteiger partial charge in [0, 0.05) is 29.8 Å². The van der Waals surface area contributed by atoms with Gasteiger partial charge >= 0.3 is 0 Å². The first-order valence-electron chi connectivity index (χ1n) is 6.36. The Morgan fingerprint density at radius 1 is 1.17 bits per heavy atom. The summed E-state index contributed by atoms with van der Waals surface area (Å²) in [5, 5.41) is 3.51. The smallest absolute Gasteiger partial charge is 0.0947 e. The van der Waals surface area contributed by atoms with Crippen molar-refractivity contribution in [1.82, 2.24) is 5.32 Å². The number of nitrogens with two attached hydrogens (primary N) is 1. The molecule has 0 atom stereocenters. The fourth-order valence-electron chi connectivity index (χ4n) is 2.39. The SMILES string of the molecule is Nc1ccc(C2(CNCc3ccoc3)CC2)cc1. The predicted molar refractivity (Wildman–Crippen MR) is 72.2 cm³/mol. The van der Waals surface area contributed by atoms with Gasteiger partial charge in [-0.25, -0.2) is 0 Å². The van der Waals surface area contributed by atoms with Crippen LogP contribution in [0.1, 0.15) is 24.0 Å². The van der Waals surface area contributed by atoms with E-state index in [1.165, 1.54) is 24.0 Å². The molecule has 3 rings (SSSR count). The first kappa shape index (κ1) is 11.4. The highest BCUT2D eigenvalue weighted by Gasteiger charge is 2.43. The molecule has 1 saturated carbocycles. The van der Waals surface area contributed by atoms with Gasteiger partial charge in [-0.05, 0) is 36.6 Å². The summed E-state index contributed by atoms with van der Waals surface area (Å²) in [7, 11) is 0. The second kappa shape index (κ2) is 4.50. The van der Waals surface area contributed by atoms with Crippen molar-refractivity contribution in [2.75, 3.05) is 12.3 Å². The highest BCUT2D eigenvalue weighted by atomic mass is 16.3. The van der Waals surface area contributed by atoms with E-state index >= 15 is 0 Å². The molecule has 0 radical (unpaired) electrons. The minimum absolute atomic E-state index is 0.331. The van der Waals surface area contributed by atoms with Crippen LogP contribution in [0.4, 0.5) is 5.69 Å². The number of nitrogens with one attached hydrogen (secondary N) is 1. The van der Waals surface area contributed by atoms with Crippen molar-refractivity contribution in [2.45, 2.75) is 24.8 Å². The molecule has 0 spiro atoms. The largest absolute Gasteiger partial charge is 0.472 e. The summed E-state index contributed by atoms with van der Waals surface area (Å²) < 4.78 is 5.06. The second-order valence-electron chi connectivity index (χ2n) is 5.14. The van der Waals surface area contributed by atoms with Crippen molar-refractivity contribution in [2.24, 2.45) is 0 Å². The first-order chi connectivity index (χ1) is 8.78. The van der Waals surface area contributed by atoms with E-state index in [2.05, 4.69) is 17.4 Å². The van der Waals surface area contributed by atoms with Crippen molar-refractivity contribution < 1.29 is 4.42 Å². The Morgan fingerprint density at radius 3 is 2.56 bits per heavy atom. The van der Waals surface area contributed by atoms with E-state index in [-0.39, 0.29) is 0 Å². The molecule has 3 N–H and O–H groups in total. The zero-order chi connectivity index (χ0) is 12.4. The Morgan fingerprint density at radius 2 is 1.94 bits per heavy atom. The lowest BCUT2D eigenvalue weighted by atomic mass is 9.95. The zero-order valence-electron chi connectivity index (χ0n) is 10.4. The summed E-state index contributed by atoms with van der Waals surface area (Å²) in [4.78, 5) is 0. The Hall–Kier alpha value is -1.74. The van der Waals surface area contributed by atoms with Crippen LogP contribution in [0, 0.1) is 0 Å². The molecule has 0 saturated heterocycles. The third-order valence-electron chi connectivity index (χ3n) is 3.75. The predicted octanol–water partition coefficient (Wildman–Crippen LogP) is 2.68. The van der Waals surface area contributed by atoms with Gasteiger partial charge in [0.15, 0.2) is 0 Å². The molecule has 0 aliphatic heterocycles. The van der Waals surface area contributed by atoms with E-state index in [1.54, 1.807) is 12.5 Å². The number of furan rings is 1. The molecule has 1 fully saturated rings. The van der Waals surface area contributed by atoms with Gasteiger partial charge in [0.25, 0.3) is 0 Å². The Kier molecular flexibility index (Phi) is 2.84. The maximum atomic E-state index is 5.73. The fourth-order valence-corrected chi connectivity index (χ4v) is 2.39. The van der Waals surface area contributed by atoms with Crippen LogP contribution in [0.2, 0.25) is 0 Å². The molecule has 2 aromatic rings. The highest BCUT2D eigenvalue weighted by molar-refractivity contribution is 5.43. The summed E-state index contributed by atoms with van der Waals surface area (Å²) in [5.41, 5.74) is 9.49. The zero-order valence-corrected chi connectivity index (χ0v) is 10.4. The third-order valence-corrected chi connectivity index (χ3v) is 3.75. The average molecular weight is 242 g/mol. The van der Waals surface area contributed by atoms with E-state index in [4.69, 9.17) is 10.2 Å². The molecule has 0 unspecified atom stereocenters. The van der Waals surface area contributed by atoms with Crippen molar-refractivity contribution in [3.8, 4) is 0 Å². The molecule has 0 amide bonds. The lowest BCUT2D eigenvalue weighted by Gasteiger charge is -2.16. The van der Waals surface area contributed by atoms with Crippen LogP contribution in [0.3, 0.4) is 0 Å². The number of anilines is 1. The highest BCUT2D eigenvalue weighted by Crippen LogP contribution is 2.47. The number of nitrogen functional groups attached to an aromatic ring is 1. The molecule has 3 heteroatoms. The minimum Gasteiger partial charge on any atom is -0.472 e. The van der Waals surface area contributed by atoms with Gasteiger partial charge in [0.2, 0.25) is 0 Å². The average Bonchev–Trinajstić information content (AvgIpc) is 2.98. The Labute approximate surface area is 107 Å². The normalized spacial score (nSPS) is 16.7. The van der Waals surface area contributed by atoms with E-state index < -0.39 is 0 Å². The van der Waals surface area contributed by atoms with Gasteiger partial charge in [0.1, 0.15) is 0 Å². The Bertz CT molecular complexity index is 498. The summed E-state index contributed by atoms with van der Waals surface area (Å²) in [6.45, 7) is 1.88. The van der Waals surface area contributed by atoms with E-state index in [0.29, 0.717) is 5.41 Å². The van der Waals surface area contributed by atoms with E-state index in [0.717, 1.165) is 18.8 Å². The molecule has 0 bridgehead atoms.